The molecule has 1 heterocycles. The van der Waals surface area contributed by atoms with Crippen molar-refractivity contribution in [3.63, 3.8) is 0 Å². The van der Waals surface area contributed by atoms with Crippen LogP contribution in [0.25, 0.3) is 0 Å². The maximum atomic E-state index is 13.0. The largest absolute Gasteiger partial charge is 0.354 e. The fourth-order valence-electron chi connectivity index (χ4n) is 2.59. The number of nitrogens with zero attached hydrogens (tertiary/aromatic N) is 1. The molecule has 4 nitrogen and oxygen atoms in total. The van der Waals surface area contributed by atoms with Gasteiger partial charge < -0.3 is 10.6 Å². The molecule has 0 fully saturated rings. The summed E-state index contributed by atoms with van der Waals surface area (Å²) in [7, 11) is 0. The number of rotatable bonds is 4. The molecule has 5 heteroatoms. The van der Waals surface area contributed by atoms with Crippen molar-refractivity contribution in [2.75, 3.05) is 10.6 Å². The van der Waals surface area contributed by atoms with Crippen LogP contribution in [0.4, 0.5) is 21.5 Å². The molecule has 1 aromatic heterocycles. The highest BCUT2D eigenvalue weighted by molar-refractivity contribution is 6.04. The first-order valence-electron chi connectivity index (χ1n) is 8.71. The Labute approximate surface area is 158 Å². The summed E-state index contributed by atoms with van der Waals surface area (Å²) in [5.41, 5.74) is 3.91. The van der Waals surface area contributed by atoms with Gasteiger partial charge in [0, 0.05) is 17.6 Å². The molecule has 3 rings (SSSR count). The molecule has 27 heavy (non-hydrogen) atoms. The molecule has 0 aliphatic carbocycles. The summed E-state index contributed by atoms with van der Waals surface area (Å²) in [5, 5.41) is 5.98. The molecular weight excluding hydrogens is 341 g/mol. The highest BCUT2D eigenvalue weighted by Crippen LogP contribution is 2.25. The molecule has 0 saturated heterocycles. The number of halogens is 1. The van der Waals surface area contributed by atoms with Crippen LogP contribution >= 0.6 is 0 Å². The third kappa shape index (κ3) is 4.91. The highest BCUT2D eigenvalue weighted by Gasteiger charge is 2.13. The number of carbonyl (C=O) groups is 1. The van der Waals surface area contributed by atoms with Gasteiger partial charge >= 0.3 is 0 Å². The molecule has 1 amide bonds. The zero-order chi connectivity index (χ0) is 19.4. The second-order valence-electron chi connectivity index (χ2n) is 7.38. The van der Waals surface area contributed by atoms with E-state index in [1.807, 2.05) is 12.1 Å². The molecule has 0 bridgehead atoms. The number of hydrogen-bond acceptors (Lipinski definition) is 3. The van der Waals surface area contributed by atoms with Crippen LogP contribution in [0.2, 0.25) is 0 Å². The fourth-order valence-corrected chi connectivity index (χ4v) is 2.59. The number of carbonyl (C=O) groups excluding carboxylic acids is 1. The molecule has 138 valence electrons. The highest BCUT2D eigenvalue weighted by atomic mass is 19.1. The van der Waals surface area contributed by atoms with Gasteiger partial charge in [-0.2, -0.15) is 0 Å². The minimum absolute atomic E-state index is 0.0957. The predicted molar refractivity (Wildman–Crippen MR) is 107 cm³/mol. The normalized spacial score (nSPS) is 11.1. The van der Waals surface area contributed by atoms with Gasteiger partial charge in [-0.3, -0.25) is 9.78 Å². The molecule has 0 radical (unpaired) electrons. The van der Waals surface area contributed by atoms with Crippen LogP contribution in [-0.4, -0.2) is 10.9 Å². The summed E-state index contributed by atoms with van der Waals surface area (Å²) in [4.78, 5) is 16.5. The molecule has 3 aromatic rings. The third-order valence-electron chi connectivity index (χ3n) is 4.14. The second kappa shape index (κ2) is 7.58. The minimum atomic E-state index is -0.349. The average molecular weight is 363 g/mol. The number of benzene rings is 2. The Morgan fingerprint density at radius 3 is 2.15 bits per heavy atom. The van der Waals surface area contributed by atoms with Gasteiger partial charge in [-0.25, -0.2) is 4.39 Å². The monoisotopic (exact) mass is 363 g/mol. The van der Waals surface area contributed by atoms with E-state index < -0.39 is 0 Å². The maximum Gasteiger partial charge on any atom is 0.257 e. The van der Waals surface area contributed by atoms with Gasteiger partial charge in [0.1, 0.15) is 5.82 Å². The maximum absolute atomic E-state index is 13.0. The third-order valence-corrected chi connectivity index (χ3v) is 4.14. The van der Waals surface area contributed by atoms with Crippen molar-refractivity contribution in [1.82, 2.24) is 4.98 Å². The van der Waals surface area contributed by atoms with Crippen LogP contribution in [0.1, 0.15) is 36.7 Å². The van der Waals surface area contributed by atoms with Gasteiger partial charge in [-0.05, 0) is 53.4 Å². The zero-order valence-electron chi connectivity index (χ0n) is 15.6. The Hall–Kier alpha value is -3.21. The molecule has 0 aliphatic rings. The second-order valence-corrected chi connectivity index (χ2v) is 7.38. The van der Waals surface area contributed by atoms with E-state index in [2.05, 4.69) is 48.5 Å². The first-order valence-corrected chi connectivity index (χ1v) is 8.71. The van der Waals surface area contributed by atoms with Crippen LogP contribution in [0, 0.1) is 5.82 Å². The summed E-state index contributed by atoms with van der Waals surface area (Å²) >= 11 is 0. The van der Waals surface area contributed by atoms with Gasteiger partial charge in [0.15, 0.2) is 0 Å². The van der Waals surface area contributed by atoms with Crippen molar-refractivity contribution < 1.29 is 9.18 Å². The zero-order valence-corrected chi connectivity index (χ0v) is 15.6. The number of nitrogens with one attached hydrogen (secondary N) is 2. The molecule has 0 aliphatic heterocycles. The van der Waals surface area contributed by atoms with Crippen molar-refractivity contribution in [3.05, 3.63) is 83.9 Å². The van der Waals surface area contributed by atoms with Crippen LogP contribution in [0.5, 0.6) is 0 Å². The van der Waals surface area contributed by atoms with Gasteiger partial charge in [0.25, 0.3) is 5.91 Å². The van der Waals surface area contributed by atoms with Crippen molar-refractivity contribution in [2.45, 2.75) is 26.2 Å². The Morgan fingerprint density at radius 1 is 0.889 bits per heavy atom. The summed E-state index contributed by atoms with van der Waals surface area (Å²) in [6.07, 6.45) is 3.15. The lowest BCUT2D eigenvalue weighted by atomic mass is 9.87. The van der Waals surface area contributed by atoms with E-state index >= 15 is 0 Å². The molecule has 2 N–H and O–H groups in total. The van der Waals surface area contributed by atoms with E-state index in [1.165, 1.54) is 36.0 Å². The SMILES string of the molecule is CC(C)(C)c1ccc(Nc2cncc(C(=O)Nc3ccc(F)cc3)c2)cc1. The van der Waals surface area contributed by atoms with Crippen LogP contribution in [-0.2, 0) is 5.41 Å². The standard InChI is InChI=1S/C22H22FN3O/c1-22(2,3)16-4-8-18(9-5-16)25-20-12-15(13-24-14-20)21(27)26-19-10-6-17(23)7-11-19/h4-14,25H,1-3H3,(H,26,27). The van der Waals surface area contributed by atoms with Crippen molar-refractivity contribution >= 4 is 23.0 Å². The van der Waals surface area contributed by atoms with Crippen molar-refractivity contribution in [1.29, 1.82) is 0 Å². The summed E-state index contributed by atoms with van der Waals surface area (Å²) in [5.74, 6) is -0.654. The summed E-state index contributed by atoms with van der Waals surface area (Å²) in [6.45, 7) is 6.51. The molecule has 2 aromatic carbocycles. The topological polar surface area (TPSA) is 54.0 Å². The lowest BCUT2D eigenvalue weighted by Gasteiger charge is -2.19. The first-order chi connectivity index (χ1) is 12.8. The van der Waals surface area contributed by atoms with E-state index in [-0.39, 0.29) is 17.1 Å². The Morgan fingerprint density at radius 2 is 1.52 bits per heavy atom. The minimum Gasteiger partial charge on any atom is -0.354 e. The number of amides is 1. The van der Waals surface area contributed by atoms with Gasteiger partial charge in [0.2, 0.25) is 0 Å². The van der Waals surface area contributed by atoms with Crippen LogP contribution < -0.4 is 10.6 Å². The van der Waals surface area contributed by atoms with Crippen LogP contribution in [0.15, 0.2) is 67.0 Å². The predicted octanol–water partition coefficient (Wildman–Crippen LogP) is 5.51. The Bertz CT molecular complexity index is 929. The molecule has 0 unspecified atom stereocenters. The Balaban J connectivity index is 1.71. The lowest BCUT2D eigenvalue weighted by Crippen LogP contribution is -2.12. The Kier molecular flexibility index (Phi) is 5.21. The number of anilines is 3. The molecule has 0 spiro atoms. The number of hydrogen-bond donors (Lipinski definition) is 2. The molecule has 0 atom stereocenters. The number of pyridine rings is 1. The smallest absolute Gasteiger partial charge is 0.257 e. The molecular formula is C22H22FN3O. The van der Waals surface area contributed by atoms with Gasteiger partial charge in [-0.15, -0.1) is 0 Å². The van der Waals surface area contributed by atoms with E-state index in [0.29, 0.717) is 16.9 Å². The average Bonchev–Trinajstić information content (AvgIpc) is 2.63. The van der Waals surface area contributed by atoms with Crippen molar-refractivity contribution in [3.8, 4) is 0 Å². The molecule has 0 saturated carbocycles. The van der Waals surface area contributed by atoms with E-state index in [4.69, 9.17) is 0 Å². The van der Waals surface area contributed by atoms with Crippen LogP contribution in [0.3, 0.4) is 0 Å². The van der Waals surface area contributed by atoms with Gasteiger partial charge in [0.05, 0.1) is 17.4 Å². The fraction of sp³-hybridized carbons (Fsp3) is 0.182. The summed E-state index contributed by atoms with van der Waals surface area (Å²) in [6, 6.07) is 15.5. The van der Waals surface area contributed by atoms with Crippen molar-refractivity contribution in [2.24, 2.45) is 0 Å². The quantitative estimate of drug-likeness (QED) is 0.642. The summed E-state index contributed by atoms with van der Waals surface area (Å²) < 4.78 is 13.0. The number of aromatic nitrogens is 1. The van der Waals surface area contributed by atoms with E-state index in [0.717, 1.165) is 5.69 Å². The first kappa shape index (κ1) is 18.6. The van der Waals surface area contributed by atoms with E-state index in [9.17, 15) is 9.18 Å². The lowest BCUT2D eigenvalue weighted by molar-refractivity contribution is 0.102. The van der Waals surface area contributed by atoms with Gasteiger partial charge in [-0.1, -0.05) is 32.9 Å². The van der Waals surface area contributed by atoms with E-state index in [1.54, 1.807) is 12.3 Å².